The summed E-state index contributed by atoms with van der Waals surface area (Å²) in [5.41, 5.74) is 2.45. The number of aliphatic carboxylic acids is 1. The lowest BCUT2D eigenvalue weighted by atomic mass is 9.90. The molecule has 1 unspecified atom stereocenters. The number of rotatable bonds is 5. The van der Waals surface area contributed by atoms with Crippen LogP contribution >= 0.6 is 0 Å². The maximum Gasteiger partial charge on any atom is 0.312 e. The fourth-order valence-corrected chi connectivity index (χ4v) is 3.14. The van der Waals surface area contributed by atoms with Gasteiger partial charge in [0, 0.05) is 13.1 Å². The molecular weight excluding hydrogens is 332 g/mol. The van der Waals surface area contributed by atoms with Crippen LogP contribution in [0.15, 0.2) is 54.6 Å². The maximum atomic E-state index is 12.5. The summed E-state index contributed by atoms with van der Waals surface area (Å²) in [7, 11) is 0. The number of carbonyl (C=O) groups excluding carboxylic acids is 2. The summed E-state index contributed by atoms with van der Waals surface area (Å²) >= 11 is 0. The van der Waals surface area contributed by atoms with E-state index in [4.69, 9.17) is 0 Å². The maximum absolute atomic E-state index is 12.5. The Kier molecular flexibility index (Phi) is 5.31. The number of nitrogens with one attached hydrogen (secondary N) is 1. The van der Waals surface area contributed by atoms with Crippen LogP contribution in [0.2, 0.25) is 0 Å². The first-order valence-electron chi connectivity index (χ1n) is 8.43. The van der Waals surface area contributed by atoms with Gasteiger partial charge in [-0.25, -0.2) is 0 Å². The van der Waals surface area contributed by atoms with Crippen molar-refractivity contribution >= 4 is 17.8 Å². The Hall–Kier alpha value is -3.15. The van der Waals surface area contributed by atoms with E-state index >= 15 is 0 Å². The van der Waals surface area contributed by atoms with E-state index < -0.39 is 11.9 Å². The van der Waals surface area contributed by atoms with Crippen molar-refractivity contribution in [3.05, 3.63) is 71.3 Å². The first kappa shape index (κ1) is 17.7. The molecule has 1 aliphatic heterocycles. The molecule has 2 aromatic rings. The van der Waals surface area contributed by atoms with E-state index in [1.54, 1.807) is 12.1 Å². The average molecular weight is 352 g/mol. The molecule has 1 aliphatic rings. The van der Waals surface area contributed by atoms with Gasteiger partial charge in [0.15, 0.2) is 0 Å². The van der Waals surface area contributed by atoms with Crippen LogP contribution in [0.3, 0.4) is 0 Å². The molecule has 0 spiro atoms. The summed E-state index contributed by atoms with van der Waals surface area (Å²) < 4.78 is 0. The van der Waals surface area contributed by atoms with E-state index in [0.29, 0.717) is 6.54 Å². The van der Waals surface area contributed by atoms with Gasteiger partial charge in [-0.05, 0) is 16.7 Å². The molecule has 0 fully saturated rings. The minimum Gasteiger partial charge on any atom is -0.481 e. The minimum absolute atomic E-state index is 0.111. The monoisotopic (exact) mass is 352 g/mol. The van der Waals surface area contributed by atoms with Crippen molar-refractivity contribution in [3.8, 4) is 0 Å². The molecule has 6 nitrogen and oxygen atoms in total. The summed E-state index contributed by atoms with van der Waals surface area (Å²) in [6.45, 7) is 0.327. The molecule has 2 amide bonds. The van der Waals surface area contributed by atoms with Gasteiger partial charge in [-0.1, -0.05) is 54.6 Å². The highest BCUT2D eigenvalue weighted by Gasteiger charge is 2.32. The number of carboxylic acids is 1. The zero-order valence-corrected chi connectivity index (χ0v) is 14.2. The lowest BCUT2D eigenvalue weighted by molar-refractivity contribution is -0.141. The molecule has 26 heavy (non-hydrogen) atoms. The van der Waals surface area contributed by atoms with Crippen molar-refractivity contribution in [1.82, 2.24) is 10.2 Å². The second-order valence-corrected chi connectivity index (χ2v) is 6.30. The Labute approximate surface area is 151 Å². The third-order valence-corrected chi connectivity index (χ3v) is 4.49. The summed E-state index contributed by atoms with van der Waals surface area (Å²) in [6.07, 6.45) is 0.203. The molecule has 0 bridgehead atoms. The van der Waals surface area contributed by atoms with Gasteiger partial charge in [-0.15, -0.1) is 0 Å². The van der Waals surface area contributed by atoms with Crippen molar-refractivity contribution in [1.29, 1.82) is 0 Å². The van der Waals surface area contributed by atoms with E-state index in [0.717, 1.165) is 16.7 Å². The van der Waals surface area contributed by atoms with E-state index in [1.807, 2.05) is 42.5 Å². The van der Waals surface area contributed by atoms with Gasteiger partial charge in [0.05, 0.1) is 18.9 Å². The summed E-state index contributed by atoms with van der Waals surface area (Å²) in [4.78, 5) is 37.5. The molecule has 3 rings (SSSR count). The van der Waals surface area contributed by atoms with Crippen LogP contribution in [0.4, 0.5) is 0 Å². The largest absolute Gasteiger partial charge is 0.481 e. The molecular formula is C20H20N2O4. The van der Waals surface area contributed by atoms with E-state index in [-0.39, 0.29) is 31.3 Å². The van der Waals surface area contributed by atoms with Crippen molar-refractivity contribution in [2.24, 2.45) is 0 Å². The first-order chi connectivity index (χ1) is 12.5. The molecule has 2 N–H and O–H groups in total. The number of nitrogens with zero attached hydrogens (tertiary/aromatic N) is 1. The van der Waals surface area contributed by atoms with E-state index in [2.05, 4.69) is 5.32 Å². The van der Waals surface area contributed by atoms with Gasteiger partial charge >= 0.3 is 5.97 Å². The molecule has 0 saturated carbocycles. The molecule has 0 saturated heterocycles. The molecule has 1 heterocycles. The quantitative estimate of drug-likeness (QED) is 0.855. The highest BCUT2D eigenvalue weighted by molar-refractivity contribution is 5.87. The van der Waals surface area contributed by atoms with Crippen LogP contribution in [0, 0.1) is 0 Å². The van der Waals surface area contributed by atoms with Crippen LogP contribution in [0.25, 0.3) is 0 Å². The van der Waals surface area contributed by atoms with Gasteiger partial charge in [0.1, 0.15) is 0 Å². The van der Waals surface area contributed by atoms with Crippen LogP contribution < -0.4 is 5.32 Å². The average Bonchev–Trinajstić information content (AvgIpc) is 2.65. The summed E-state index contributed by atoms with van der Waals surface area (Å²) in [6, 6.07) is 16.5. The molecule has 6 heteroatoms. The lowest BCUT2D eigenvalue weighted by Crippen LogP contribution is -2.45. The Morgan fingerprint density at radius 3 is 2.46 bits per heavy atom. The Balaban J connectivity index is 1.60. The number of hydrogen-bond acceptors (Lipinski definition) is 3. The Bertz CT molecular complexity index is 820. The standard InChI is InChI=1S/C20H20N2O4/c23-18(10-14-6-2-1-3-7-14)21-11-19(24)22-12-15-8-4-5-9-16(15)17(13-22)20(25)26/h1-9,17H,10-13H2,(H,21,23)(H,25,26). The molecule has 134 valence electrons. The highest BCUT2D eigenvalue weighted by atomic mass is 16.4. The van der Waals surface area contributed by atoms with Crippen LogP contribution in [0.5, 0.6) is 0 Å². The molecule has 0 aliphatic carbocycles. The fraction of sp³-hybridized carbons (Fsp3) is 0.250. The zero-order valence-electron chi connectivity index (χ0n) is 14.2. The molecule has 1 atom stereocenters. The Morgan fingerprint density at radius 2 is 1.73 bits per heavy atom. The third kappa shape index (κ3) is 4.08. The Morgan fingerprint density at radius 1 is 1.04 bits per heavy atom. The lowest BCUT2D eigenvalue weighted by Gasteiger charge is -2.32. The molecule has 0 radical (unpaired) electrons. The van der Waals surface area contributed by atoms with Gasteiger partial charge in [-0.2, -0.15) is 0 Å². The summed E-state index contributed by atoms with van der Waals surface area (Å²) in [5, 5.41) is 12.1. The van der Waals surface area contributed by atoms with Crippen LogP contribution in [-0.4, -0.2) is 40.9 Å². The normalized spacial score (nSPS) is 15.8. The van der Waals surface area contributed by atoms with Crippen LogP contribution in [0.1, 0.15) is 22.6 Å². The second kappa shape index (κ2) is 7.82. The molecule has 0 aromatic heterocycles. The van der Waals surface area contributed by atoms with E-state index in [1.165, 1.54) is 4.90 Å². The number of amides is 2. The second-order valence-electron chi connectivity index (χ2n) is 6.30. The smallest absolute Gasteiger partial charge is 0.312 e. The van der Waals surface area contributed by atoms with Crippen molar-refractivity contribution in [3.63, 3.8) is 0 Å². The minimum atomic E-state index is -0.955. The SMILES string of the molecule is O=C(Cc1ccccc1)NCC(=O)N1Cc2ccccc2C(C(=O)O)C1. The number of carbonyl (C=O) groups is 3. The van der Waals surface area contributed by atoms with Crippen molar-refractivity contribution < 1.29 is 19.5 Å². The number of carboxylic acid groups (broad SMARTS) is 1. The zero-order chi connectivity index (χ0) is 18.5. The van der Waals surface area contributed by atoms with Gasteiger partial charge in [0.2, 0.25) is 11.8 Å². The van der Waals surface area contributed by atoms with Gasteiger partial charge in [0.25, 0.3) is 0 Å². The van der Waals surface area contributed by atoms with E-state index in [9.17, 15) is 19.5 Å². The van der Waals surface area contributed by atoms with Gasteiger partial charge in [-0.3, -0.25) is 14.4 Å². The number of hydrogen-bond donors (Lipinski definition) is 2. The topological polar surface area (TPSA) is 86.7 Å². The highest BCUT2D eigenvalue weighted by Crippen LogP contribution is 2.28. The first-order valence-corrected chi connectivity index (χ1v) is 8.43. The number of fused-ring (bicyclic) bond motifs is 1. The fourth-order valence-electron chi connectivity index (χ4n) is 3.14. The summed E-state index contributed by atoms with van der Waals surface area (Å²) in [5.74, 6) is -2.23. The van der Waals surface area contributed by atoms with Crippen molar-refractivity contribution in [2.45, 2.75) is 18.9 Å². The predicted octanol–water partition coefficient (Wildman–Crippen LogP) is 1.56. The van der Waals surface area contributed by atoms with Crippen LogP contribution in [-0.2, 0) is 27.3 Å². The number of benzene rings is 2. The van der Waals surface area contributed by atoms with Crippen molar-refractivity contribution in [2.75, 3.05) is 13.1 Å². The predicted molar refractivity (Wildman–Crippen MR) is 95.4 cm³/mol. The molecule has 2 aromatic carbocycles. The third-order valence-electron chi connectivity index (χ3n) is 4.49. The van der Waals surface area contributed by atoms with Gasteiger partial charge < -0.3 is 15.3 Å².